The predicted octanol–water partition coefficient (Wildman–Crippen LogP) is 1.80. The molecule has 0 bridgehead atoms. The number of rotatable bonds is 8. The average Bonchev–Trinajstić information content (AvgIpc) is 2.51. The average molecular weight is 294 g/mol. The minimum Gasteiger partial charge on any atom is -0.445 e. The molecule has 2 amide bonds. The number of carbonyl (C=O) groups is 2. The third-order valence-electron chi connectivity index (χ3n) is 2.79. The Labute approximate surface area is 124 Å². The number of benzene rings is 1. The van der Waals surface area contributed by atoms with Crippen LogP contribution < -0.4 is 10.6 Å². The SMILES string of the molecule is CCC[C@H](NC(=O)OCc1ccccc1)C(=O)NCOC. The van der Waals surface area contributed by atoms with Crippen molar-refractivity contribution >= 4 is 12.0 Å². The second kappa shape index (κ2) is 9.77. The highest BCUT2D eigenvalue weighted by atomic mass is 16.5. The second-order valence-electron chi connectivity index (χ2n) is 4.52. The van der Waals surface area contributed by atoms with Gasteiger partial charge in [0, 0.05) is 7.11 Å². The number of nitrogens with one attached hydrogen (secondary N) is 2. The van der Waals surface area contributed by atoms with Gasteiger partial charge in [0.1, 0.15) is 19.4 Å². The number of carbonyl (C=O) groups excluding carboxylic acids is 2. The lowest BCUT2D eigenvalue weighted by Gasteiger charge is -2.17. The molecule has 1 aromatic rings. The molecule has 6 heteroatoms. The van der Waals surface area contributed by atoms with Crippen LogP contribution in [0.1, 0.15) is 25.3 Å². The van der Waals surface area contributed by atoms with Gasteiger partial charge in [-0.3, -0.25) is 4.79 Å². The summed E-state index contributed by atoms with van der Waals surface area (Å²) in [4.78, 5) is 23.6. The first-order chi connectivity index (χ1) is 10.2. The standard InChI is InChI=1S/C15H22N2O4/c1-3-7-13(14(18)16-11-20-2)17-15(19)21-10-12-8-5-4-6-9-12/h4-6,8-9,13H,3,7,10-11H2,1-2H3,(H,16,18)(H,17,19)/t13-/m0/s1. The molecule has 2 N–H and O–H groups in total. The second-order valence-corrected chi connectivity index (χ2v) is 4.52. The van der Waals surface area contributed by atoms with Crippen molar-refractivity contribution in [1.29, 1.82) is 0 Å². The largest absolute Gasteiger partial charge is 0.445 e. The normalized spacial score (nSPS) is 11.5. The highest BCUT2D eigenvalue weighted by Gasteiger charge is 2.20. The highest BCUT2D eigenvalue weighted by Crippen LogP contribution is 2.02. The number of hydrogen-bond acceptors (Lipinski definition) is 4. The third kappa shape index (κ3) is 6.76. The topological polar surface area (TPSA) is 76.7 Å². The number of amides is 2. The van der Waals surface area contributed by atoms with Gasteiger partial charge in [0.25, 0.3) is 0 Å². The molecule has 0 saturated carbocycles. The van der Waals surface area contributed by atoms with E-state index in [9.17, 15) is 9.59 Å². The molecule has 6 nitrogen and oxygen atoms in total. The lowest BCUT2D eigenvalue weighted by molar-refractivity contribution is -0.124. The summed E-state index contributed by atoms with van der Waals surface area (Å²) in [5, 5.41) is 5.13. The summed E-state index contributed by atoms with van der Waals surface area (Å²) in [7, 11) is 1.48. The monoisotopic (exact) mass is 294 g/mol. The fourth-order valence-electron chi connectivity index (χ4n) is 1.73. The van der Waals surface area contributed by atoms with Crippen LogP contribution in [-0.4, -0.2) is 31.9 Å². The number of ether oxygens (including phenoxy) is 2. The minimum atomic E-state index is -0.617. The van der Waals surface area contributed by atoms with Crippen LogP contribution in [0.5, 0.6) is 0 Å². The molecular formula is C15H22N2O4. The van der Waals surface area contributed by atoms with Gasteiger partial charge in [0.15, 0.2) is 0 Å². The zero-order valence-electron chi connectivity index (χ0n) is 12.4. The maximum Gasteiger partial charge on any atom is 0.408 e. The van der Waals surface area contributed by atoms with Crippen molar-refractivity contribution in [2.45, 2.75) is 32.4 Å². The molecule has 0 spiro atoms. The predicted molar refractivity (Wildman–Crippen MR) is 78.5 cm³/mol. The van der Waals surface area contributed by atoms with E-state index in [-0.39, 0.29) is 19.2 Å². The van der Waals surface area contributed by atoms with Crippen molar-refractivity contribution in [3.8, 4) is 0 Å². The zero-order valence-corrected chi connectivity index (χ0v) is 12.4. The van der Waals surface area contributed by atoms with Crippen molar-refractivity contribution in [1.82, 2.24) is 10.6 Å². The van der Waals surface area contributed by atoms with E-state index in [0.717, 1.165) is 12.0 Å². The van der Waals surface area contributed by atoms with Crippen LogP contribution in [0.2, 0.25) is 0 Å². The van der Waals surface area contributed by atoms with Crippen molar-refractivity contribution in [2.24, 2.45) is 0 Å². The summed E-state index contributed by atoms with van der Waals surface area (Å²) in [6.07, 6.45) is 0.699. The maximum absolute atomic E-state index is 11.8. The first kappa shape index (κ1) is 17.0. The Bertz CT molecular complexity index is 437. The van der Waals surface area contributed by atoms with Gasteiger partial charge in [-0.25, -0.2) is 4.79 Å². The Kier molecular flexibility index (Phi) is 7.89. The van der Waals surface area contributed by atoms with Gasteiger partial charge in [-0.2, -0.15) is 0 Å². The van der Waals surface area contributed by atoms with Gasteiger partial charge in [-0.05, 0) is 12.0 Å². The first-order valence-electron chi connectivity index (χ1n) is 6.91. The van der Waals surface area contributed by atoms with E-state index in [1.165, 1.54) is 7.11 Å². The van der Waals surface area contributed by atoms with Crippen LogP contribution in [0.15, 0.2) is 30.3 Å². The smallest absolute Gasteiger partial charge is 0.408 e. The van der Waals surface area contributed by atoms with Crippen molar-refractivity contribution in [2.75, 3.05) is 13.8 Å². The number of methoxy groups -OCH3 is 1. The molecule has 116 valence electrons. The quantitative estimate of drug-likeness (QED) is 0.717. The van der Waals surface area contributed by atoms with E-state index in [2.05, 4.69) is 10.6 Å². The molecule has 0 fully saturated rings. The van der Waals surface area contributed by atoms with Crippen LogP contribution in [0.3, 0.4) is 0 Å². The fraction of sp³-hybridized carbons (Fsp3) is 0.467. The van der Waals surface area contributed by atoms with Gasteiger partial charge in [-0.15, -0.1) is 0 Å². The molecule has 0 aliphatic heterocycles. The Balaban J connectivity index is 2.42. The summed E-state index contributed by atoms with van der Waals surface area (Å²) in [5.41, 5.74) is 0.892. The van der Waals surface area contributed by atoms with E-state index in [1.807, 2.05) is 37.3 Å². The molecule has 0 saturated heterocycles. The third-order valence-corrected chi connectivity index (χ3v) is 2.79. The van der Waals surface area contributed by atoms with E-state index < -0.39 is 12.1 Å². The molecule has 0 aromatic heterocycles. The Morgan fingerprint density at radius 1 is 1.24 bits per heavy atom. The molecule has 1 rings (SSSR count). The summed E-state index contributed by atoms with van der Waals surface area (Å²) in [5.74, 6) is -0.282. The van der Waals surface area contributed by atoms with Crippen LogP contribution in [0.25, 0.3) is 0 Å². The summed E-state index contributed by atoms with van der Waals surface area (Å²) >= 11 is 0. The lowest BCUT2D eigenvalue weighted by Crippen LogP contribution is -2.47. The van der Waals surface area contributed by atoms with Crippen LogP contribution in [-0.2, 0) is 20.9 Å². The summed E-state index contributed by atoms with van der Waals surface area (Å²) in [6.45, 7) is 2.22. The van der Waals surface area contributed by atoms with Gasteiger partial charge in [0.2, 0.25) is 5.91 Å². The summed E-state index contributed by atoms with van der Waals surface area (Å²) in [6, 6.07) is 8.74. The minimum absolute atomic E-state index is 0.111. The molecule has 0 unspecified atom stereocenters. The van der Waals surface area contributed by atoms with E-state index in [0.29, 0.717) is 6.42 Å². The molecule has 0 radical (unpaired) electrons. The summed E-state index contributed by atoms with van der Waals surface area (Å²) < 4.78 is 9.87. The van der Waals surface area contributed by atoms with Gasteiger partial charge in [-0.1, -0.05) is 43.7 Å². The van der Waals surface area contributed by atoms with Gasteiger partial charge >= 0.3 is 6.09 Å². The highest BCUT2D eigenvalue weighted by molar-refractivity contribution is 5.85. The number of alkyl carbamates (subject to hydrolysis) is 1. The Morgan fingerprint density at radius 3 is 2.57 bits per heavy atom. The molecule has 1 atom stereocenters. The Hall–Kier alpha value is -2.08. The van der Waals surface area contributed by atoms with Gasteiger partial charge in [0.05, 0.1) is 0 Å². The van der Waals surface area contributed by atoms with Gasteiger partial charge < -0.3 is 20.1 Å². The molecule has 1 aromatic carbocycles. The van der Waals surface area contributed by atoms with Crippen molar-refractivity contribution in [3.05, 3.63) is 35.9 Å². The van der Waals surface area contributed by atoms with Crippen molar-refractivity contribution < 1.29 is 19.1 Å². The zero-order chi connectivity index (χ0) is 15.5. The molecule has 0 aliphatic rings. The van der Waals surface area contributed by atoms with Crippen LogP contribution >= 0.6 is 0 Å². The van der Waals surface area contributed by atoms with Crippen LogP contribution in [0, 0.1) is 0 Å². The lowest BCUT2D eigenvalue weighted by atomic mass is 10.1. The van der Waals surface area contributed by atoms with E-state index in [1.54, 1.807) is 0 Å². The van der Waals surface area contributed by atoms with E-state index >= 15 is 0 Å². The maximum atomic E-state index is 11.8. The molecule has 21 heavy (non-hydrogen) atoms. The molecule has 0 aliphatic carbocycles. The molecule has 0 heterocycles. The van der Waals surface area contributed by atoms with Crippen LogP contribution in [0.4, 0.5) is 4.79 Å². The number of hydrogen-bond donors (Lipinski definition) is 2. The van der Waals surface area contributed by atoms with E-state index in [4.69, 9.17) is 9.47 Å². The van der Waals surface area contributed by atoms with Crippen molar-refractivity contribution in [3.63, 3.8) is 0 Å². The Morgan fingerprint density at radius 2 is 1.95 bits per heavy atom. The first-order valence-corrected chi connectivity index (χ1v) is 6.91. The fourth-order valence-corrected chi connectivity index (χ4v) is 1.73. The molecular weight excluding hydrogens is 272 g/mol.